The number of carbonyl (C=O) groups is 1. The molecule has 0 aliphatic rings. The highest BCUT2D eigenvalue weighted by atomic mass is 32.2. The van der Waals surface area contributed by atoms with E-state index in [2.05, 4.69) is 4.98 Å². The monoisotopic (exact) mass is 417 g/mol. The number of aliphatic hydroxyl groups excluding tert-OH is 1. The highest BCUT2D eigenvalue weighted by Crippen LogP contribution is 2.26. The first kappa shape index (κ1) is 21.5. The van der Waals surface area contributed by atoms with Crippen molar-refractivity contribution < 1.29 is 9.90 Å². The predicted octanol–water partition coefficient (Wildman–Crippen LogP) is 4.98. The Balaban J connectivity index is 1.94. The number of benzene rings is 2. The summed E-state index contributed by atoms with van der Waals surface area (Å²) in [6, 6.07) is 21.0. The lowest BCUT2D eigenvalue weighted by molar-refractivity contribution is -0.104. The molecular formula is C24H23N3O2S. The van der Waals surface area contributed by atoms with Crippen molar-refractivity contribution in [2.45, 2.75) is 13.5 Å². The lowest BCUT2D eigenvalue weighted by Crippen LogP contribution is -2.23. The highest BCUT2D eigenvalue weighted by Gasteiger charge is 2.13. The van der Waals surface area contributed by atoms with Gasteiger partial charge in [-0.1, -0.05) is 48.5 Å². The second-order valence-corrected chi connectivity index (χ2v) is 7.69. The number of amidine groups is 1. The smallest absolute Gasteiger partial charge is 0.175 e. The molecule has 0 unspecified atom stereocenters. The van der Waals surface area contributed by atoms with Gasteiger partial charge in [0.15, 0.2) is 17.3 Å². The largest absolute Gasteiger partial charge is 0.392 e. The number of aliphatic hydroxyl groups is 1. The van der Waals surface area contributed by atoms with Crippen molar-refractivity contribution in [1.82, 2.24) is 4.98 Å². The summed E-state index contributed by atoms with van der Waals surface area (Å²) in [6.45, 7) is 1.96. The third-order valence-corrected chi connectivity index (χ3v) is 5.33. The predicted molar refractivity (Wildman–Crippen MR) is 125 cm³/mol. The number of aldehydes is 1. The molecule has 0 aliphatic heterocycles. The molecule has 3 aromatic rings. The molecule has 0 saturated heterocycles. The van der Waals surface area contributed by atoms with Crippen LogP contribution in [0, 0.1) is 6.92 Å². The standard InChI is InChI=1S/C24H23N3O2S/c1-18-8-13-23(25-15-18)26-24(27(2)21-6-4-3-5-7-21)30-22(17-29)14-19-9-11-20(16-28)12-10-19/h3-15,17,28H,16H2,1-2H3/b22-14-,26-24?. The molecule has 0 spiro atoms. The maximum Gasteiger partial charge on any atom is 0.175 e. The quantitative estimate of drug-likeness (QED) is 0.265. The molecule has 1 aromatic heterocycles. The molecule has 6 heteroatoms. The van der Waals surface area contributed by atoms with Gasteiger partial charge in [-0.3, -0.25) is 4.79 Å². The molecule has 152 valence electrons. The van der Waals surface area contributed by atoms with Gasteiger partial charge in [0.25, 0.3) is 0 Å². The third-order valence-electron chi connectivity index (χ3n) is 4.33. The van der Waals surface area contributed by atoms with E-state index in [-0.39, 0.29) is 6.61 Å². The third kappa shape index (κ3) is 5.89. The minimum atomic E-state index is -0.0124. The van der Waals surface area contributed by atoms with Gasteiger partial charge in [-0.2, -0.15) is 0 Å². The molecule has 1 heterocycles. The number of hydrogen-bond acceptors (Lipinski definition) is 5. The lowest BCUT2D eigenvalue weighted by atomic mass is 10.1. The van der Waals surface area contributed by atoms with Crippen molar-refractivity contribution in [3.63, 3.8) is 0 Å². The van der Waals surface area contributed by atoms with E-state index >= 15 is 0 Å². The van der Waals surface area contributed by atoms with Crippen LogP contribution in [0.2, 0.25) is 0 Å². The van der Waals surface area contributed by atoms with Gasteiger partial charge in [0.1, 0.15) is 0 Å². The van der Waals surface area contributed by atoms with E-state index in [1.54, 1.807) is 12.3 Å². The number of carbonyl (C=O) groups excluding carboxylic acids is 1. The van der Waals surface area contributed by atoms with Crippen molar-refractivity contribution in [3.05, 3.63) is 94.5 Å². The van der Waals surface area contributed by atoms with E-state index in [0.717, 1.165) is 28.7 Å². The van der Waals surface area contributed by atoms with E-state index in [9.17, 15) is 9.90 Å². The number of para-hydroxylation sites is 1. The molecule has 0 amide bonds. The van der Waals surface area contributed by atoms with Crippen LogP contribution in [-0.2, 0) is 11.4 Å². The highest BCUT2D eigenvalue weighted by molar-refractivity contribution is 8.18. The van der Waals surface area contributed by atoms with Crippen molar-refractivity contribution in [2.24, 2.45) is 4.99 Å². The Labute approximate surface area is 180 Å². The van der Waals surface area contributed by atoms with Crippen LogP contribution < -0.4 is 4.90 Å². The molecule has 1 N–H and O–H groups in total. The minimum Gasteiger partial charge on any atom is -0.392 e. The van der Waals surface area contributed by atoms with Gasteiger partial charge < -0.3 is 10.0 Å². The average molecular weight is 418 g/mol. The first-order valence-electron chi connectivity index (χ1n) is 9.43. The summed E-state index contributed by atoms with van der Waals surface area (Å²) in [4.78, 5) is 23.3. The van der Waals surface area contributed by atoms with E-state index in [1.807, 2.05) is 85.6 Å². The second kappa shape index (κ2) is 10.5. The molecule has 30 heavy (non-hydrogen) atoms. The van der Waals surface area contributed by atoms with Crippen molar-refractivity contribution in [2.75, 3.05) is 11.9 Å². The van der Waals surface area contributed by atoms with Crippen LogP contribution in [0.1, 0.15) is 16.7 Å². The molecule has 0 saturated carbocycles. The Morgan fingerprint density at radius 2 is 1.83 bits per heavy atom. The summed E-state index contributed by atoms with van der Waals surface area (Å²) >= 11 is 1.28. The van der Waals surface area contributed by atoms with Crippen LogP contribution >= 0.6 is 11.8 Å². The number of aliphatic imine (C=N–C) groups is 1. The van der Waals surface area contributed by atoms with E-state index in [4.69, 9.17) is 4.99 Å². The molecular weight excluding hydrogens is 394 g/mol. The first-order valence-corrected chi connectivity index (χ1v) is 10.3. The fourth-order valence-corrected chi connectivity index (χ4v) is 3.46. The molecule has 0 radical (unpaired) electrons. The van der Waals surface area contributed by atoms with Crippen molar-refractivity contribution in [3.8, 4) is 0 Å². The Hall–Kier alpha value is -3.22. The summed E-state index contributed by atoms with van der Waals surface area (Å²) in [5, 5.41) is 9.83. The average Bonchev–Trinajstić information content (AvgIpc) is 2.80. The zero-order valence-corrected chi connectivity index (χ0v) is 17.7. The van der Waals surface area contributed by atoms with Gasteiger partial charge in [-0.05, 0) is 59.7 Å². The summed E-state index contributed by atoms with van der Waals surface area (Å²) in [6.07, 6.45) is 4.39. The Morgan fingerprint density at radius 1 is 1.10 bits per heavy atom. The number of pyridine rings is 1. The lowest BCUT2D eigenvalue weighted by Gasteiger charge is -2.20. The fraction of sp³-hybridized carbons (Fsp3) is 0.125. The molecule has 0 bridgehead atoms. The molecule has 2 aromatic carbocycles. The fourth-order valence-electron chi connectivity index (χ4n) is 2.63. The number of anilines is 1. The van der Waals surface area contributed by atoms with Gasteiger partial charge in [0.05, 0.1) is 11.5 Å². The summed E-state index contributed by atoms with van der Waals surface area (Å²) in [5.74, 6) is 0.573. The first-order chi connectivity index (χ1) is 14.6. The van der Waals surface area contributed by atoms with Gasteiger partial charge in [-0.15, -0.1) is 0 Å². The normalized spacial score (nSPS) is 12.0. The molecule has 0 fully saturated rings. The van der Waals surface area contributed by atoms with Gasteiger partial charge in [-0.25, -0.2) is 9.98 Å². The van der Waals surface area contributed by atoms with Crippen molar-refractivity contribution in [1.29, 1.82) is 0 Å². The number of aryl methyl sites for hydroxylation is 1. The molecule has 5 nitrogen and oxygen atoms in total. The zero-order valence-electron chi connectivity index (χ0n) is 16.9. The number of allylic oxidation sites excluding steroid dienone is 1. The SMILES string of the molecule is Cc1ccc(N=C(S/C(C=O)=C\c2ccc(CO)cc2)N(C)c2ccccc2)nc1. The molecule has 0 atom stereocenters. The second-order valence-electron chi connectivity index (χ2n) is 6.65. The Kier molecular flexibility index (Phi) is 7.54. The van der Waals surface area contributed by atoms with E-state index in [1.165, 1.54) is 11.8 Å². The van der Waals surface area contributed by atoms with Crippen molar-refractivity contribution >= 4 is 40.8 Å². The van der Waals surface area contributed by atoms with Gasteiger partial charge in [0.2, 0.25) is 0 Å². The topological polar surface area (TPSA) is 65.8 Å². The summed E-state index contributed by atoms with van der Waals surface area (Å²) in [7, 11) is 1.91. The van der Waals surface area contributed by atoms with E-state index < -0.39 is 0 Å². The van der Waals surface area contributed by atoms with Gasteiger partial charge >= 0.3 is 0 Å². The number of thioether (sulfide) groups is 1. The zero-order chi connectivity index (χ0) is 21.3. The molecule has 0 aliphatic carbocycles. The molecule has 3 rings (SSSR count). The number of rotatable bonds is 6. The summed E-state index contributed by atoms with van der Waals surface area (Å²) < 4.78 is 0. The van der Waals surface area contributed by atoms with Gasteiger partial charge in [0, 0.05) is 18.9 Å². The van der Waals surface area contributed by atoms with Crippen LogP contribution in [0.15, 0.2) is 82.8 Å². The Morgan fingerprint density at radius 3 is 2.43 bits per heavy atom. The van der Waals surface area contributed by atoms with Crippen LogP contribution in [0.3, 0.4) is 0 Å². The number of nitrogens with zero attached hydrogens (tertiary/aromatic N) is 3. The maximum absolute atomic E-state index is 11.8. The van der Waals surface area contributed by atoms with E-state index in [0.29, 0.717) is 15.9 Å². The Bertz CT molecular complexity index is 1030. The summed E-state index contributed by atoms with van der Waals surface area (Å²) in [5.41, 5.74) is 3.70. The van der Waals surface area contributed by atoms with Crippen LogP contribution in [0.5, 0.6) is 0 Å². The van der Waals surface area contributed by atoms with Crippen LogP contribution in [0.4, 0.5) is 11.5 Å². The van der Waals surface area contributed by atoms with Crippen LogP contribution in [0.25, 0.3) is 6.08 Å². The van der Waals surface area contributed by atoms with Crippen LogP contribution in [-0.4, -0.2) is 28.6 Å². The maximum atomic E-state index is 11.8. The number of hydrogen-bond donors (Lipinski definition) is 1. The number of aromatic nitrogens is 1. The minimum absolute atomic E-state index is 0.0124.